The van der Waals surface area contributed by atoms with Crippen LogP contribution in [0.25, 0.3) is 5.57 Å². The lowest BCUT2D eigenvalue weighted by Crippen LogP contribution is -1.82. The van der Waals surface area contributed by atoms with E-state index in [0.29, 0.717) is 0 Å². The Hall–Kier alpha value is -1.11. The fourth-order valence-corrected chi connectivity index (χ4v) is 0.720. The second-order valence-corrected chi connectivity index (χ2v) is 2.47. The second-order valence-electron chi connectivity index (χ2n) is 2.47. The predicted molar refractivity (Wildman–Crippen MR) is 55.0 cm³/mol. The molecule has 0 fully saturated rings. The van der Waals surface area contributed by atoms with Gasteiger partial charge in [0.2, 0.25) is 0 Å². The number of rotatable bonds is 1. The largest absolute Gasteiger partial charge is 0.261 e. The summed E-state index contributed by atoms with van der Waals surface area (Å²) in [6.07, 6.45) is 1.84. The molecule has 0 atom stereocenters. The third-order valence-electron chi connectivity index (χ3n) is 1.40. The Morgan fingerprint density at radius 2 is 1.92 bits per heavy atom. The lowest BCUT2D eigenvalue weighted by Gasteiger charge is -1.97. The van der Waals surface area contributed by atoms with Gasteiger partial charge in [0.05, 0.1) is 0 Å². The minimum atomic E-state index is 1.05. The van der Waals surface area contributed by atoms with E-state index in [1.54, 1.807) is 0 Å². The summed E-state index contributed by atoms with van der Waals surface area (Å²) in [5.41, 5.74) is 3.23. The first-order valence-corrected chi connectivity index (χ1v) is 4.28. The summed E-state index contributed by atoms with van der Waals surface area (Å²) in [5.74, 6) is 0. The number of aromatic nitrogens is 1. The summed E-state index contributed by atoms with van der Waals surface area (Å²) < 4.78 is 0. The smallest absolute Gasteiger partial charge is 0.0373 e. The molecule has 0 aliphatic carbocycles. The van der Waals surface area contributed by atoms with Gasteiger partial charge in [0.25, 0.3) is 0 Å². The van der Waals surface area contributed by atoms with Gasteiger partial charge in [0.1, 0.15) is 0 Å². The SMILES string of the molecule is C=C(C)c1ccc(C)nc1.CC. The minimum Gasteiger partial charge on any atom is -0.261 e. The molecule has 0 N–H and O–H groups in total. The lowest BCUT2D eigenvalue weighted by atomic mass is 10.1. The molecule has 0 unspecified atom stereocenters. The lowest BCUT2D eigenvalue weighted by molar-refractivity contribution is 1.19. The van der Waals surface area contributed by atoms with E-state index in [2.05, 4.69) is 11.6 Å². The first-order valence-electron chi connectivity index (χ1n) is 4.28. The van der Waals surface area contributed by atoms with E-state index in [1.165, 1.54) is 0 Å². The number of nitrogens with zero attached hydrogens (tertiary/aromatic N) is 1. The average Bonchev–Trinajstić information content (AvgIpc) is 2.09. The zero-order valence-corrected chi connectivity index (χ0v) is 8.39. The van der Waals surface area contributed by atoms with Crippen LogP contribution < -0.4 is 0 Å². The molecule has 1 aromatic heterocycles. The van der Waals surface area contributed by atoms with Gasteiger partial charge in [-0.25, -0.2) is 0 Å². The first-order chi connectivity index (χ1) is 5.70. The van der Waals surface area contributed by atoms with Crippen molar-refractivity contribution in [2.75, 3.05) is 0 Å². The number of hydrogen-bond donors (Lipinski definition) is 0. The molecular weight excluding hydrogens is 146 g/mol. The Balaban J connectivity index is 0.000000561. The Morgan fingerprint density at radius 1 is 1.33 bits per heavy atom. The van der Waals surface area contributed by atoms with Crippen LogP contribution >= 0.6 is 0 Å². The van der Waals surface area contributed by atoms with Crippen molar-refractivity contribution >= 4 is 5.57 Å². The van der Waals surface area contributed by atoms with Gasteiger partial charge >= 0.3 is 0 Å². The summed E-state index contributed by atoms with van der Waals surface area (Å²) in [6, 6.07) is 4.02. The maximum Gasteiger partial charge on any atom is 0.0373 e. The molecule has 0 spiro atoms. The summed E-state index contributed by atoms with van der Waals surface area (Å²) in [4.78, 5) is 4.14. The van der Waals surface area contributed by atoms with Crippen molar-refractivity contribution in [3.8, 4) is 0 Å². The Kier molecular flexibility index (Phi) is 5.02. The molecule has 0 saturated heterocycles. The van der Waals surface area contributed by atoms with Gasteiger partial charge in [0.15, 0.2) is 0 Å². The van der Waals surface area contributed by atoms with E-state index < -0.39 is 0 Å². The van der Waals surface area contributed by atoms with Gasteiger partial charge < -0.3 is 0 Å². The Morgan fingerprint density at radius 3 is 2.25 bits per heavy atom. The van der Waals surface area contributed by atoms with Crippen LogP contribution in [-0.2, 0) is 0 Å². The normalized spacial score (nSPS) is 8.33. The highest BCUT2D eigenvalue weighted by Crippen LogP contribution is 2.08. The van der Waals surface area contributed by atoms with Crippen molar-refractivity contribution in [3.05, 3.63) is 36.2 Å². The molecule has 0 aromatic carbocycles. The van der Waals surface area contributed by atoms with Crippen molar-refractivity contribution in [3.63, 3.8) is 0 Å². The Labute approximate surface area is 75.2 Å². The maximum absolute atomic E-state index is 4.14. The summed E-state index contributed by atoms with van der Waals surface area (Å²) >= 11 is 0. The van der Waals surface area contributed by atoms with Crippen molar-refractivity contribution in [2.24, 2.45) is 0 Å². The zero-order valence-electron chi connectivity index (χ0n) is 8.39. The zero-order chi connectivity index (χ0) is 9.56. The summed E-state index contributed by atoms with van der Waals surface area (Å²) in [6.45, 7) is 11.8. The molecule has 0 aliphatic heterocycles. The van der Waals surface area contributed by atoms with E-state index in [1.807, 2.05) is 46.0 Å². The van der Waals surface area contributed by atoms with Gasteiger partial charge in [0, 0.05) is 11.9 Å². The van der Waals surface area contributed by atoms with Gasteiger partial charge in [-0.3, -0.25) is 4.98 Å². The molecule has 66 valence electrons. The van der Waals surface area contributed by atoms with Crippen LogP contribution in [0.4, 0.5) is 0 Å². The van der Waals surface area contributed by atoms with Crippen LogP contribution in [0.3, 0.4) is 0 Å². The quantitative estimate of drug-likeness (QED) is 0.618. The van der Waals surface area contributed by atoms with E-state index in [4.69, 9.17) is 0 Å². The topological polar surface area (TPSA) is 12.9 Å². The fraction of sp³-hybridized carbons (Fsp3) is 0.364. The third-order valence-corrected chi connectivity index (χ3v) is 1.40. The van der Waals surface area contributed by atoms with Crippen LogP contribution in [-0.4, -0.2) is 4.98 Å². The highest BCUT2D eigenvalue weighted by Gasteiger charge is 1.90. The van der Waals surface area contributed by atoms with Crippen LogP contribution in [0, 0.1) is 6.92 Å². The molecular formula is C11H17N. The molecule has 1 aromatic rings. The highest BCUT2D eigenvalue weighted by atomic mass is 14.7. The number of pyridine rings is 1. The van der Waals surface area contributed by atoms with Crippen LogP contribution in [0.5, 0.6) is 0 Å². The predicted octanol–water partition coefficient (Wildman–Crippen LogP) is 3.45. The van der Waals surface area contributed by atoms with Crippen LogP contribution in [0.15, 0.2) is 24.9 Å². The Bertz CT molecular complexity index is 234. The molecule has 1 heterocycles. The molecule has 0 bridgehead atoms. The van der Waals surface area contributed by atoms with Gasteiger partial charge in [-0.2, -0.15) is 0 Å². The second kappa shape index (κ2) is 5.53. The molecule has 1 nitrogen and oxygen atoms in total. The summed E-state index contributed by atoms with van der Waals surface area (Å²) in [7, 11) is 0. The standard InChI is InChI=1S/C9H11N.C2H6/c1-7(2)9-5-4-8(3)10-6-9;1-2/h4-6H,1H2,2-3H3;1-2H3. The third kappa shape index (κ3) is 3.33. The molecule has 0 aliphatic rings. The number of aryl methyl sites for hydroxylation is 1. The molecule has 1 rings (SSSR count). The molecule has 1 heteroatoms. The van der Waals surface area contributed by atoms with Crippen LogP contribution in [0.2, 0.25) is 0 Å². The van der Waals surface area contributed by atoms with Crippen molar-refractivity contribution in [1.29, 1.82) is 0 Å². The molecule has 0 radical (unpaired) electrons. The first kappa shape index (κ1) is 10.9. The number of allylic oxidation sites excluding steroid dienone is 1. The average molecular weight is 163 g/mol. The van der Waals surface area contributed by atoms with Crippen LogP contribution in [0.1, 0.15) is 32.0 Å². The monoisotopic (exact) mass is 163 g/mol. The van der Waals surface area contributed by atoms with E-state index >= 15 is 0 Å². The molecule has 0 saturated carbocycles. The highest BCUT2D eigenvalue weighted by molar-refractivity contribution is 5.60. The fourth-order valence-electron chi connectivity index (χ4n) is 0.720. The van der Waals surface area contributed by atoms with Crippen molar-refractivity contribution in [2.45, 2.75) is 27.7 Å². The van der Waals surface area contributed by atoms with Gasteiger partial charge in [-0.1, -0.05) is 26.5 Å². The van der Waals surface area contributed by atoms with Gasteiger partial charge in [-0.15, -0.1) is 0 Å². The van der Waals surface area contributed by atoms with Crippen molar-refractivity contribution < 1.29 is 0 Å². The van der Waals surface area contributed by atoms with E-state index in [-0.39, 0.29) is 0 Å². The molecule has 12 heavy (non-hydrogen) atoms. The van der Waals surface area contributed by atoms with E-state index in [9.17, 15) is 0 Å². The van der Waals surface area contributed by atoms with Crippen molar-refractivity contribution in [1.82, 2.24) is 4.98 Å². The molecule has 0 amide bonds. The number of hydrogen-bond acceptors (Lipinski definition) is 1. The van der Waals surface area contributed by atoms with Gasteiger partial charge in [-0.05, 0) is 31.1 Å². The maximum atomic E-state index is 4.14. The summed E-state index contributed by atoms with van der Waals surface area (Å²) in [5, 5.41) is 0. The minimum absolute atomic E-state index is 1.05. The van der Waals surface area contributed by atoms with E-state index in [0.717, 1.165) is 16.8 Å².